The fourth-order valence-corrected chi connectivity index (χ4v) is 4.34. The van der Waals surface area contributed by atoms with Gasteiger partial charge in [-0.1, -0.05) is 13.8 Å². The van der Waals surface area contributed by atoms with Crippen molar-refractivity contribution in [2.75, 3.05) is 32.4 Å². The van der Waals surface area contributed by atoms with Crippen LogP contribution in [0.1, 0.15) is 33.1 Å². The van der Waals surface area contributed by atoms with Gasteiger partial charge >= 0.3 is 0 Å². The largest absolute Gasteiger partial charge is 0.320 e. The van der Waals surface area contributed by atoms with Crippen LogP contribution in [0.4, 0.5) is 0 Å². The van der Waals surface area contributed by atoms with Crippen molar-refractivity contribution in [2.24, 2.45) is 11.8 Å². The Morgan fingerprint density at radius 2 is 1.76 bits per heavy atom. The predicted octanol–water partition coefficient (Wildman–Crippen LogP) is 1.29. The Balaban J connectivity index is 2.45. The smallest absolute Gasteiger partial charge is 0.214 e. The topological polar surface area (TPSA) is 49.4 Å². The van der Waals surface area contributed by atoms with Crippen molar-refractivity contribution in [1.82, 2.24) is 9.62 Å². The summed E-state index contributed by atoms with van der Waals surface area (Å²) >= 11 is 0. The van der Waals surface area contributed by atoms with Crippen LogP contribution in [0, 0.1) is 11.8 Å². The Morgan fingerprint density at radius 1 is 1.18 bits per heavy atom. The van der Waals surface area contributed by atoms with Crippen LogP contribution in [-0.4, -0.2) is 45.2 Å². The van der Waals surface area contributed by atoms with Gasteiger partial charge in [0.15, 0.2) is 0 Å². The summed E-state index contributed by atoms with van der Waals surface area (Å²) in [6, 6.07) is 0. The highest BCUT2D eigenvalue weighted by Crippen LogP contribution is 2.23. The number of hydrogen-bond donors (Lipinski definition) is 1. The minimum Gasteiger partial charge on any atom is -0.320 e. The third-order valence-electron chi connectivity index (χ3n) is 3.31. The normalized spacial score (nSPS) is 27.2. The van der Waals surface area contributed by atoms with Gasteiger partial charge in [-0.25, -0.2) is 12.7 Å². The summed E-state index contributed by atoms with van der Waals surface area (Å²) in [5, 5.41) is 3.04. The number of nitrogens with one attached hydrogen (secondary N) is 1. The zero-order valence-corrected chi connectivity index (χ0v) is 12.1. The molecular weight excluding hydrogens is 236 g/mol. The minimum atomic E-state index is -3.02. The maximum Gasteiger partial charge on any atom is 0.214 e. The molecule has 0 bridgehead atoms. The number of unbranched alkanes of at least 4 members (excludes halogenated alkanes) is 1. The molecule has 0 aromatic heterocycles. The Labute approximate surface area is 106 Å². The number of nitrogens with zero attached hydrogens (tertiary/aromatic N) is 1. The predicted molar refractivity (Wildman–Crippen MR) is 71.5 cm³/mol. The van der Waals surface area contributed by atoms with Crippen LogP contribution in [0.5, 0.6) is 0 Å². The van der Waals surface area contributed by atoms with Crippen LogP contribution >= 0.6 is 0 Å². The molecule has 0 aromatic rings. The van der Waals surface area contributed by atoms with Crippen molar-refractivity contribution in [3.05, 3.63) is 0 Å². The van der Waals surface area contributed by atoms with E-state index in [0.717, 1.165) is 25.8 Å². The van der Waals surface area contributed by atoms with E-state index >= 15 is 0 Å². The molecule has 2 unspecified atom stereocenters. The van der Waals surface area contributed by atoms with Gasteiger partial charge in [0.2, 0.25) is 10.0 Å². The second-order valence-corrected chi connectivity index (χ2v) is 7.48. The van der Waals surface area contributed by atoms with Crippen LogP contribution < -0.4 is 5.32 Å². The average molecular weight is 262 g/mol. The molecule has 17 heavy (non-hydrogen) atoms. The maximum atomic E-state index is 12.1. The highest BCUT2D eigenvalue weighted by Gasteiger charge is 2.29. The van der Waals surface area contributed by atoms with Gasteiger partial charge in [-0.2, -0.15) is 0 Å². The second kappa shape index (κ2) is 6.71. The lowest BCUT2D eigenvalue weighted by atomic mass is 9.94. The third-order valence-corrected chi connectivity index (χ3v) is 5.20. The van der Waals surface area contributed by atoms with Gasteiger partial charge in [0, 0.05) is 13.1 Å². The summed E-state index contributed by atoms with van der Waals surface area (Å²) in [5.41, 5.74) is 0. The first-order valence-corrected chi connectivity index (χ1v) is 8.19. The van der Waals surface area contributed by atoms with E-state index < -0.39 is 10.0 Å². The molecule has 0 saturated carbocycles. The zero-order chi connectivity index (χ0) is 12.9. The first-order chi connectivity index (χ1) is 7.95. The van der Waals surface area contributed by atoms with Crippen molar-refractivity contribution in [3.63, 3.8) is 0 Å². The van der Waals surface area contributed by atoms with Crippen LogP contribution in [0.15, 0.2) is 0 Å². The van der Waals surface area contributed by atoms with E-state index in [4.69, 9.17) is 0 Å². The SMILES string of the molecule is CNCCCCS(=O)(=O)N1CC(C)CC(C)C1. The molecule has 1 rings (SSSR count). The molecule has 4 nitrogen and oxygen atoms in total. The summed E-state index contributed by atoms with van der Waals surface area (Å²) < 4.78 is 26.0. The molecule has 1 heterocycles. The quantitative estimate of drug-likeness (QED) is 0.734. The van der Waals surface area contributed by atoms with E-state index in [1.807, 2.05) is 7.05 Å². The number of sulfonamides is 1. The van der Waals surface area contributed by atoms with Gasteiger partial charge in [-0.05, 0) is 44.7 Å². The fraction of sp³-hybridized carbons (Fsp3) is 1.00. The molecule has 0 spiro atoms. The molecule has 0 aliphatic carbocycles. The van der Waals surface area contributed by atoms with E-state index in [1.54, 1.807) is 4.31 Å². The number of hydrogen-bond acceptors (Lipinski definition) is 3. The standard InChI is InChI=1S/C12H26N2O2S/c1-11-8-12(2)10-14(9-11)17(15,16)7-5-4-6-13-3/h11-13H,4-10H2,1-3H3. The lowest BCUT2D eigenvalue weighted by molar-refractivity contribution is 0.222. The van der Waals surface area contributed by atoms with E-state index in [-0.39, 0.29) is 0 Å². The van der Waals surface area contributed by atoms with Crippen molar-refractivity contribution in [3.8, 4) is 0 Å². The monoisotopic (exact) mass is 262 g/mol. The van der Waals surface area contributed by atoms with Gasteiger partial charge in [-0.15, -0.1) is 0 Å². The van der Waals surface area contributed by atoms with E-state index in [1.165, 1.54) is 0 Å². The van der Waals surface area contributed by atoms with Gasteiger partial charge in [-0.3, -0.25) is 0 Å². The molecule has 5 heteroatoms. The van der Waals surface area contributed by atoms with Crippen molar-refractivity contribution in [1.29, 1.82) is 0 Å². The van der Waals surface area contributed by atoms with Crippen LogP contribution in [0.25, 0.3) is 0 Å². The summed E-state index contributed by atoms with van der Waals surface area (Å²) in [6.45, 7) is 6.58. The Morgan fingerprint density at radius 3 is 2.29 bits per heavy atom. The highest BCUT2D eigenvalue weighted by molar-refractivity contribution is 7.89. The highest BCUT2D eigenvalue weighted by atomic mass is 32.2. The van der Waals surface area contributed by atoms with E-state index in [2.05, 4.69) is 19.2 Å². The molecule has 1 N–H and O–H groups in total. The molecular formula is C12H26N2O2S. The Bertz CT molecular complexity index is 306. The summed E-state index contributed by atoms with van der Waals surface area (Å²) in [4.78, 5) is 0. The van der Waals surface area contributed by atoms with Gasteiger partial charge < -0.3 is 5.32 Å². The first-order valence-electron chi connectivity index (χ1n) is 6.58. The van der Waals surface area contributed by atoms with Crippen molar-refractivity contribution in [2.45, 2.75) is 33.1 Å². The van der Waals surface area contributed by atoms with Crippen LogP contribution in [-0.2, 0) is 10.0 Å². The molecule has 1 saturated heterocycles. The number of rotatable bonds is 6. The van der Waals surface area contributed by atoms with Gasteiger partial charge in [0.25, 0.3) is 0 Å². The molecule has 0 aromatic carbocycles. The third kappa shape index (κ3) is 4.94. The molecule has 0 radical (unpaired) electrons. The molecule has 2 atom stereocenters. The van der Waals surface area contributed by atoms with Crippen LogP contribution in [0.3, 0.4) is 0 Å². The Kier molecular flexibility index (Phi) is 5.89. The molecule has 1 fully saturated rings. The summed E-state index contributed by atoms with van der Waals surface area (Å²) in [5.74, 6) is 1.28. The van der Waals surface area contributed by atoms with E-state index in [9.17, 15) is 8.42 Å². The van der Waals surface area contributed by atoms with E-state index in [0.29, 0.717) is 30.7 Å². The zero-order valence-electron chi connectivity index (χ0n) is 11.3. The van der Waals surface area contributed by atoms with Crippen molar-refractivity contribution < 1.29 is 8.42 Å². The maximum absolute atomic E-state index is 12.1. The van der Waals surface area contributed by atoms with Gasteiger partial charge in [0.1, 0.15) is 0 Å². The van der Waals surface area contributed by atoms with Crippen molar-refractivity contribution >= 4 is 10.0 Å². The minimum absolute atomic E-state index is 0.300. The van der Waals surface area contributed by atoms with Crippen LogP contribution in [0.2, 0.25) is 0 Å². The lowest BCUT2D eigenvalue weighted by Crippen LogP contribution is -2.43. The molecule has 0 amide bonds. The molecule has 1 aliphatic rings. The lowest BCUT2D eigenvalue weighted by Gasteiger charge is -2.34. The first kappa shape index (κ1) is 14.9. The number of piperidine rings is 1. The Hall–Kier alpha value is -0.130. The second-order valence-electron chi connectivity index (χ2n) is 5.39. The van der Waals surface area contributed by atoms with Gasteiger partial charge in [0.05, 0.1) is 5.75 Å². The molecule has 102 valence electrons. The average Bonchev–Trinajstić information content (AvgIpc) is 2.23. The fourth-order valence-electron chi connectivity index (χ4n) is 2.55. The summed E-state index contributed by atoms with van der Waals surface area (Å²) in [7, 11) is -1.13. The molecule has 1 aliphatic heterocycles. The summed E-state index contributed by atoms with van der Waals surface area (Å²) in [6.07, 6.45) is 2.82.